The largest absolute Gasteiger partial charge is 0.465 e. The van der Waals surface area contributed by atoms with Crippen LogP contribution in [0.15, 0.2) is 45.1 Å². The lowest BCUT2D eigenvalue weighted by Crippen LogP contribution is -2.70. The van der Waals surface area contributed by atoms with E-state index in [4.69, 9.17) is 23.7 Å². The van der Waals surface area contributed by atoms with Gasteiger partial charge in [-0.05, 0) is 48.5 Å². The summed E-state index contributed by atoms with van der Waals surface area (Å²) >= 11 is 0. The summed E-state index contributed by atoms with van der Waals surface area (Å²) in [6, 6.07) is 0. The monoisotopic (exact) mass is 536 g/mol. The number of esters is 3. The standard InChI is InChI=1S/C29H28O10/c1-11-14(9-30)15-3-6-36-27(34)29(15)23(31)22-19-13(10-37-26(22)33)8-28-12(2)39-18(7-17(28)21(19)24(29)38-11)20-16(28)4-5-35-25(20)32/h8-9,11-12,17-18,21,23-24,31H,3-7,10H2,1-2H3/t11-,12?,17+,18-,21+,23-,24-,28-,29-/m1/s1. The van der Waals surface area contributed by atoms with E-state index in [1.165, 1.54) is 0 Å². The third-order valence-corrected chi connectivity index (χ3v) is 10.7. The first kappa shape index (κ1) is 23.8. The van der Waals surface area contributed by atoms with Gasteiger partial charge in [-0.25, -0.2) is 9.59 Å². The fourth-order valence-electron chi connectivity index (χ4n) is 9.32. The predicted octanol–water partition coefficient (Wildman–Crippen LogP) is 1.02. The molecule has 3 aliphatic carbocycles. The second kappa shape index (κ2) is 7.56. The number of cyclic esters (lactones) is 3. The van der Waals surface area contributed by atoms with Crippen LogP contribution < -0.4 is 0 Å². The van der Waals surface area contributed by atoms with E-state index in [1.54, 1.807) is 6.92 Å². The Hall–Kier alpha value is -3.08. The van der Waals surface area contributed by atoms with Gasteiger partial charge >= 0.3 is 17.9 Å². The highest BCUT2D eigenvalue weighted by molar-refractivity contribution is 5.99. The number of carbonyl (C=O) groups is 4. The first-order valence-corrected chi connectivity index (χ1v) is 13.7. The molecule has 1 N–H and O–H groups in total. The topological polar surface area (TPSA) is 135 Å². The van der Waals surface area contributed by atoms with E-state index < -0.39 is 53.1 Å². The molecular weight excluding hydrogens is 508 g/mol. The quantitative estimate of drug-likeness (QED) is 0.294. The Morgan fingerprint density at radius 3 is 2.49 bits per heavy atom. The van der Waals surface area contributed by atoms with Crippen LogP contribution in [0.5, 0.6) is 0 Å². The minimum Gasteiger partial charge on any atom is -0.465 e. The molecular formula is C29H28O10. The van der Waals surface area contributed by atoms with Gasteiger partial charge in [0.25, 0.3) is 0 Å². The lowest BCUT2D eigenvalue weighted by molar-refractivity contribution is -0.211. The van der Waals surface area contributed by atoms with Gasteiger partial charge in [0.05, 0.1) is 48.8 Å². The second-order valence-electron chi connectivity index (χ2n) is 11.8. The Labute approximate surface area is 223 Å². The first-order chi connectivity index (χ1) is 18.8. The highest BCUT2D eigenvalue weighted by atomic mass is 16.6. The van der Waals surface area contributed by atoms with E-state index in [1.807, 2.05) is 6.92 Å². The van der Waals surface area contributed by atoms with Crippen molar-refractivity contribution < 1.29 is 48.0 Å². The van der Waals surface area contributed by atoms with Crippen LogP contribution in [0.2, 0.25) is 0 Å². The normalized spacial score (nSPS) is 45.7. The number of ether oxygens (including phenoxy) is 5. The average molecular weight is 537 g/mol. The zero-order valence-electron chi connectivity index (χ0n) is 21.6. The van der Waals surface area contributed by atoms with Crippen molar-refractivity contribution in [2.24, 2.45) is 22.7 Å². The maximum Gasteiger partial charge on any atom is 0.337 e. The summed E-state index contributed by atoms with van der Waals surface area (Å²) in [5.74, 6) is -2.46. The molecule has 1 unspecified atom stereocenters. The van der Waals surface area contributed by atoms with Crippen molar-refractivity contribution >= 4 is 24.2 Å². The average Bonchev–Trinajstić information content (AvgIpc) is 2.91. The SMILES string of the molecule is CC1O[C@@H]2C[C@H]3[C@H]4C5=C(C(=O)OCC5=C[C@]13C1=C2C(=O)OCC1)[C@@H](O)[C@]12C(=O)OCCC1=C(C=O)[C@@H](C)O[C@H]42. The summed E-state index contributed by atoms with van der Waals surface area (Å²) < 4.78 is 29.6. The molecule has 6 aliphatic heterocycles. The Morgan fingerprint density at radius 2 is 1.69 bits per heavy atom. The number of aliphatic hydroxyl groups is 1. The minimum absolute atomic E-state index is 0.000565. The Morgan fingerprint density at radius 1 is 0.949 bits per heavy atom. The molecule has 2 saturated heterocycles. The van der Waals surface area contributed by atoms with E-state index in [0.29, 0.717) is 41.4 Å². The number of rotatable bonds is 1. The van der Waals surface area contributed by atoms with Gasteiger partial charge in [-0.1, -0.05) is 6.08 Å². The lowest BCUT2D eigenvalue weighted by Gasteiger charge is -2.65. The summed E-state index contributed by atoms with van der Waals surface area (Å²) in [6.07, 6.45) is 0.120. The molecule has 9 rings (SSSR count). The number of aldehydes is 1. The van der Waals surface area contributed by atoms with Crippen LogP contribution in [0, 0.1) is 22.7 Å². The number of aliphatic hydroxyl groups excluding tert-OH is 1. The fourth-order valence-corrected chi connectivity index (χ4v) is 9.32. The van der Waals surface area contributed by atoms with Crippen LogP contribution >= 0.6 is 0 Å². The molecule has 9 aliphatic rings. The van der Waals surface area contributed by atoms with Gasteiger partial charge in [0.1, 0.15) is 24.4 Å². The third-order valence-electron chi connectivity index (χ3n) is 10.7. The van der Waals surface area contributed by atoms with E-state index in [2.05, 4.69) is 6.08 Å². The van der Waals surface area contributed by atoms with E-state index in [0.717, 1.165) is 11.1 Å². The van der Waals surface area contributed by atoms with Crippen LogP contribution in [0.25, 0.3) is 0 Å². The highest BCUT2D eigenvalue weighted by Gasteiger charge is 2.73. The molecule has 10 nitrogen and oxygen atoms in total. The molecule has 39 heavy (non-hydrogen) atoms. The van der Waals surface area contributed by atoms with Crippen LogP contribution in [-0.2, 0) is 42.9 Å². The van der Waals surface area contributed by atoms with E-state index in [9.17, 15) is 24.3 Å². The Kier molecular flexibility index (Phi) is 4.61. The molecule has 0 aromatic rings. The molecule has 2 bridgehead atoms. The zero-order valence-corrected chi connectivity index (χ0v) is 21.6. The van der Waals surface area contributed by atoms with Crippen LogP contribution in [0.3, 0.4) is 0 Å². The number of hydrogen-bond donors (Lipinski definition) is 1. The van der Waals surface area contributed by atoms with Gasteiger partial charge in [-0.15, -0.1) is 0 Å². The maximum absolute atomic E-state index is 13.9. The number of carbonyl (C=O) groups excluding carboxylic acids is 4. The maximum atomic E-state index is 13.9. The Balaban J connectivity index is 1.45. The second-order valence-corrected chi connectivity index (χ2v) is 11.8. The van der Waals surface area contributed by atoms with Crippen LogP contribution in [0.4, 0.5) is 0 Å². The van der Waals surface area contributed by atoms with Gasteiger partial charge in [-0.2, -0.15) is 0 Å². The van der Waals surface area contributed by atoms with Gasteiger partial charge < -0.3 is 28.8 Å². The molecule has 2 fully saturated rings. The Bertz CT molecular complexity index is 1410. The zero-order chi connectivity index (χ0) is 27.0. The third kappa shape index (κ3) is 2.50. The summed E-state index contributed by atoms with van der Waals surface area (Å²) in [4.78, 5) is 52.4. The molecule has 0 aromatic heterocycles. The number of hydrogen-bond acceptors (Lipinski definition) is 10. The fraction of sp³-hybridized carbons (Fsp3) is 0.586. The predicted molar refractivity (Wildman–Crippen MR) is 128 cm³/mol. The smallest absolute Gasteiger partial charge is 0.337 e. The van der Waals surface area contributed by atoms with Crippen molar-refractivity contribution in [2.45, 2.75) is 63.6 Å². The molecule has 204 valence electrons. The van der Waals surface area contributed by atoms with Gasteiger partial charge in [0.2, 0.25) is 0 Å². The summed E-state index contributed by atoms with van der Waals surface area (Å²) in [6.45, 7) is 4.11. The van der Waals surface area contributed by atoms with Crippen molar-refractivity contribution in [1.82, 2.24) is 0 Å². The van der Waals surface area contributed by atoms with Gasteiger partial charge in [-0.3, -0.25) is 9.59 Å². The van der Waals surface area contributed by atoms with Gasteiger partial charge in [0, 0.05) is 29.7 Å². The molecule has 0 radical (unpaired) electrons. The minimum atomic E-state index is -1.76. The molecule has 6 heterocycles. The van der Waals surface area contributed by atoms with Crippen molar-refractivity contribution in [3.63, 3.8) is 0 Å². The molecule has 0 aromatic carbocycles. The van der Waals surface area contributed by atoms with Crippen LogP contribution in [-0.4, -0.2) is 79.6 Å². The van der Waals surface area contributed by atoms with Crippen molar-refractivity contribution in [2.75, 3.05) is 19.8 Å². The highest BCUT2D eigenvalue weighted by Crippen LogP contribution is 2.69. The van der Waals surface area contributed by atoms with E-state index in [-0.39, 0.29) is 49.8 Å². The first-order valence-electron chi connectivity index (χ1n) is 13.7. The summed E-state index contributed by atoms with van der Waals surface area (Å²) in [5, 5.41) is 12.0. The molecule has 2 spiro atoms. The van der Waals surface area contributed by atoms with E-state index >= 15 is 0 Å². The van der Waals surface area contributed by atoms with Crippen LogP contribution in [0.1, 0.15) is 33.1 Å². The summed E-state index contributed by atoms with van der Waals surface area (Å²) in [5.41, 5.74) is 1.28. The molecule has 0 saturated carbocycles. The van der Waals surface area contributed by atoms with Crippen molar-refractivity contribution in [3.05, 3.63) is 45.1 Å². The van der Waals surface area contributed by atoms with Crippen molar-refractivity contribution in [1.29, 1.82) is 0 Å². The molecule has 0 amide bonds. The summed E-state index contributed by atoms with van der Waals surface area (Å²) in [7, 11) is 0. The lowest BCUT2D eigenvalue weighted by atomic mass is 9.44. The van der Waals surface area contributed by atoms with Crippen molar-refractivity contribution in [3.8, 4) is 0 Å². The van der Waals surface area contributed by atoms with Gasteiger partial charge in [0.15, 0.2) is 0 Å². The molecule has 10 heteroatoms. The number of fused-ring (bicyclic) bond motifs is 2. The molecule has 9 atom stereocenters.